The lowest BCUT2D eigenvalue weighted by molar-refractivity contribution is -0.117. The van der Waals surface area contributed by atoms with Crippen LogP contribution >= 0.6 is 0 Å². The molecule has 2 N–H and O–H groups in total. The third-order valence-electron chi connectivity index (χ3n) is 3.91. The maximum absolute atomic E-state index is 12.3. The summed E-state index contributed by atoms with van der Waals surface area (Å²) in [5.41, 5.74) is 3.14. The molecule has 2 rings (SSSR count). The van der Waals surface area contributed by atoms with E-state index in [9.17, 15) is 14.9 Å². The number of esters is 1. The molecule has 0 saturated heterocycles. The number of carbonyl (C=O) groups excluding carboxylic acids is 2. The summed E-state index contributed by atoms with van der Waals surface area (Å²) in [4.78, 5) is 27.4. The van der Waals surface area contributed by atoms with E-state index in [2.05, 4.69) is 10.3 Å². The van der Waals surface area contributed by atoms with Crippen LogP contribution in [0.15, 0.2) is 35.9 Å². The minimum atomic E-state index is -0.472. The van der Waals surface area contributed by atoms with E-state index >= 15 is 0 Å². The zero-order valence-corrected chi connectivity index (χ0v) is 15.1. The first-order valence-electron chi connectivity index (χ1n) is 8.28. The summed E-state index contributed by atoms with van der Waals surface area (Å²) in [5, 5.41) is 12.0. The van der Waals surface area contributed by atoms with Crippen LogP contribution < -0.4 is 5.32 Å². The molecule has 1 aromatic carbocycles. The Hall–Kier alpha value is -3.33. The monoisotopic (exact) mass is 351 g/mol. The van der Waals surface area contributed by atoms with E-state index in [1.807, 2.05) is 36.4 Å². The first-order valence-corrected chi connectivity index (χ1v) is 8.28. The Morgan fingerprint density at radius 2 is 1.96 bits per heavy atom. The van der Waals surface area contributed by atoms with E-state index in [0.29, 0.717) is 29.1 Å². The predicted molar refractivity (Wildman–Crippen MR) is 98.1 cm³/mol. The molecular weight excluding hydrogens is 330 g/mol. The highest BCUT2D eigenvalue weighted by Crippen LogP contribution is 2.21. The first-order chi connectivity index (χ1) is 12.5. The fourth-order valence-corrected chi connectivity index (χ4v) is 2.59. The van der Waals surface area contributed by atoms with Gasteiger partial charge in [-0.2, -0.15) is 5.26 Å². The van der Waals surface area contributed by atoms with Crippen molar-refractivity contribution in [2.45, 2.75) is 27.3 Å². The van der Waals surface area contributed by atoms with Crippen LogP contribution in [-0.2, 0) is 16.1 Å². The Kier molecular flexibility index (Phi) is 6.34. The summed E-state index contributed by atoms with van der Waals surface area (Å²) in [6, 6.07) is 11.3. The number of aromatic amines is 1. The van der Waals surface area contributed by atoms with Crippen molar-refractivity contribution in [3.8, 4) is 6.07 Å². The molecule has 0 bridgehead atoms. The number of rotatable bonds is 6. The van der Waals surface area contributed by atoms with Gasteiger partial charge < -0.3 is 15.0 Å². The lowest BCUT2D eigenvalue weighted by atomic mass is 10.1. The van der Waals surface area contributed by atoms with Crippen LogP contribution in [0.1, 0.15) is 39.8 Å². The molecule has 2 aromatic rings. The summed E-state index contributed by atoms with van der Waals surface area (Å²) in [5.74, 6) is -0.897. The molecule has 0 spiro atoms. The zero-order valence-electron chi connectivity index (χ0n) is 15.1. The topological polar surface area (TPSA) is 95.0 Å². The number of nitriles is 1. The molecule has 1 amide bonds. The maximum Gasteiger partial charge on any atom is 0.340 e. The van der Waals surface area contributed by atoms with Crippen molar-refractivity contribution in [3.63, 3.8) is 0 Å². The third kappa shape index (κ3) is 4.39. The molecule has 0 aliphatic rings. The van der Waals surface area contributed by atoms with Crippen LogP contribution in [0.3, 0.4) is 0 Å². The summed E-state index contributed by atoms with van der Waals surface area (Å²) >= 11 is 0. The average molecular weight is 351 g/mol. The number of hydrogen-bond acceptors (Lipinski definition) is 4. The summed E-state index contributed by atoms with van der Waals surface area (Å²) in [6.07, 6.45) is 1.45. The SMILES string of the molecule is CCOC(=O)c1c(C)[nH]c(/C=C(\C#N)C(=O)NCc2ccccc2)c1C. The van der Waals surface area contributed by atoms with Crippen molar-refractivity contribution in [1.82, 2.24) is 10.3 Å². The van der Waals surface area contributed by atoms with Gasteiger partial charge in [0.2, 0.25) is 0 Å². The summed E-state index contributed by atoms with van der Waals surface area (Å²) in [6.45, 7) is 5.84. The molecule has 6 heteroatoms. The largest absolute Gasteiger partial charge is 0.462 e. The molecule has 0 saturated carbocycles. The van der Waals surface area contributed by atoms with Gasteiger partial charge in [0.25, 0.3) is 5.91 Å². The molecule has 1 aromatic heterocycles. The fraction of sp³-hybridized carbons (Fsp3) is 0.250. The normalized spacial score (nSPS) is 10.9. The minimum Gasteiger partial charge on any atom is -0.462 e. The summed E-state index contributed by atoms with van der Waals surface area (Å²) < 4.78 is 5.05. The Bertz CT molecular complexity index is 874. The van der Waals surface area contributed by atoms with E-state index < -0.39 is 11.9 Å². The quantitative estimate of drug-likeness (QED) is 0.475. The van der Waals surface area contributed by atoms with Crippen molar-refractivity contribution in [2.75, 3.05) is 6.61 Å². The van der Waals surface area contributed by atoms with Gasteiger partial charge in [-0.25, -0.2) is 4.79 Å². The van der Waals surface area contributed by atoms with E-state index in [-0.39, 0.29) is 12.2 Å². The van der Waals surface area contributed by atoms with Crippen LogP contribution in [0, 0.1) is 25.2 Å². The van der Waals surface area contributed by atoms with Gasteiger partial charge in [-0.15, -0.1) is 0 Å². The molecule has 0 aliphatic carbocycles. The van der Waals surface area contributed by atoms with Crippen LogP contribution in [0.25, 0.3) is 6.08 Å². The second kappa shape index (κ2) is 8.67. The number of amides is 1. The van der Waals surface area contributed by atoms with Gasteiger partial charge in [0.15, 0.2) is 0 Å². The average Bonchev–Trinajstić information content (AvgIpc) is 2.92. The standard InChI is InChI=1S/C20H21N3O3/c1-4-26-20(25)18-13(2)17(23-14(18)3)10-16(11-21)19(24)22-12-15-8-6-5-7-9-15/h5-10,23H,4,12H2,1-3H3,(H,22,24)/b16-10+. The van der Waals surface area contributed by atoms with Crippen LogP contribution in [0.5, 0.6) is 0 Å². The number of H-pyrrole nitrogens is 1. The lowest BCUT2D eigenvalue weighted by Crippen LogP contribution is -2.23. The first kappa shape index (κ1) is 19.0. The van der Waals surface area contributed by atoms with E-state index in [0.717, 1.165) is 5.56 Å². The molecule has 0 radical (unpaired) electrons. The van der Waals surface area contributed by atoms with Gasteiger partial charge in [0.05, 0.1) is 12.2 Å². The molecule has 134 valence electrons. The van der Waals surface area contributed by atoms with Gasteiger partial charge in [0, 0.05) is 17.9 Å². The van der Waals surface area contributed by atoms with Crippen molar-refractivity contribution in [3.05, 3.63) is 64.0 Å². The molecular formula is C20H21N3O3. The zero-order chi connectivity index (χ0) is 19.1. The number of carbonyl (C=O) groups is 2. The second-order valence-electron chi connectivity index (χ2n) is 5.72. The number of ether oxygens (including phenoxy) is 1. The molecule has 26 heavy (non-hydrogen) atoms. The Balaban J connectivity index is 2.20. The number of nitrogens with zero attached hydrogens (tertiary/aromatic N) is 1. The Morgan fingerprint density at radius 1 is 1.27 bits per heavy atom. The van der Waals surface area contributed by atoms with Crippen molar-refractivity contribution >= 4 is 18.0 Å². The Morgan fingerprint density at radius 3 is 2.58 bits per heavy atom. The number of aromatic nitrogens is 1. The summed E-state index contributed by atoms with van der Waals surface area (Å²) in [7, 11) is 0. The Labute approximate surface area is 152 Å². The molecule has 0 atom stereocenters. The molecule has 0 unspecified atom stereocenters. The van der Waals surface area contributed by atoms with Gasteiger partial charge in [-0.1, -0.05) is 30.3 Å². The number of nitrogens with one attached hydrogen (secondary N) is 2. The number of hydrogen-bond donors (Lipinski definition) is 2. The molecule has 0 fully saturated rings. The minimum absolute atomic E-state index is 0.0410. The van der Waals surface area contributed by atoms with Gasteiger partial charge in [-0.05, 0) is 38.0 Å². The van der Waals surface area contributed by atoms with Gasteiger partial charge in [0.1, 0.15) is 11.6 Å². The van der Waals surface area contributed by atoms with Crippen molar-refractivity contribution < 1.29 is 14.3 Å². The number of benzene rings is 1. The molecule has 0 aliphatic heterocycles. The highest BCUT2D eigenvalue weighted by atomic mass is 16.5. The number of aryl methyl sites for hydroxylation is 1. The van der Waals surface area contributed by atoms with Crippen LogP contribution in [0.2, 0.25) is 0 Å². The smallest absolute Gasteiger partial charge is 0.340 e. The predicted octanol–water partition coefficient (Wildman–Crippen LogP) is 3.03. The van der Waals surface area contributed by atoms with Crippen molar-refractivity contribution in [2.24, 2.45) is 0 Å². The fourth-order valence-electron chi connectivity index (χ4n) is 2.59. The van der Waals surface area contributed by atoms with E-state index in [1.165, 1.54) is 6.08 Å². The molecule has 6 nitrogen and oxygen atoms in total. The van der Waals surface area contributed by atoms with Crippen molar-refractivity contribution in [1.29, 1.82) is 5.26 Å². The van der Waals surface area contributed by atoms with E-state index in [1.54, 1.807) is 20.8 Å². The van der Waals surface area contributed by atoms with Crippen LogP contribution in [-0.4, -0.2) is 23.5 Å². The van der Waals surface area contributed by atoms with E-state index in [4.69, 9.17) is 4.74 Å². The highest BCUT2D eigenvalue weighted by molar-refractivity contribution is 6.02. The molecule has 1 heterocycles. The highest BCUT2D eigenvalue weighted by Gasteiger charge is 2.19. The third-order valence-corrected chi connectivity index (χ3v) is 3.91. The second-order valence-corrected chi connectivity index (χ2v) is 5.72. The lowest BCUT2D eigenvalue weighted by Gasteiger charge is -2.04. The van der Waals surface area contributed by atoms with Gasteiger partial charge in [-0.3, -0.25) is 4.79 Å². The van der Waals surface area contributed by atoms with Crippen LogP contribution in [0.4, 0.5) is 0 Å². The van der Waals surface area contributed by atoms with Gasteiger partial charge >= 0.3 is 5.97 Å². The maximum atomic E-state index is 12.3.